The molecule has 2 heterocycles. The number of anilines is 1. The maximum Gasteiger partial charge on any atom is 0.330 e. The molecule has 0 unspecified atom stereocenters. The summed E-state index contributed by atoms with van der Waals surface area (Å²) in [6.07, 6.45) is 0.904. The molecule has 8 nitrogen and oxygen atoms in total. The summed E-state index contributed by atoms with van der Waals surface area (Å²) in [6.45, 7) is 8.44. The van der Waals surface area contributed by atoms with Gasteiger partial charge in [0.15, 0.2) is 0 Å². The molecule has 0 saturated carbocycles. The number of nitriles is 1. The fourth-order valence-corrected chi connectivity index (χ4v) is 3.47. The highest BCUT2D eigenvalue weighted by atomic mass is 16.5. The van der Waals surface area contributed by atoms with E-state index in [0.29, 0.717) is 18.0 Å². The van der Waals surface area contributed by atoms with Gasteiger partial charge in [0.25, 0.3) is 5.56 Å². The zero-order chi connectivity index (χ0) is 20.8. The van der Waals surface area contributed by atoms with E-state index in [2.05, 4.69) is 20.9 Å². The number of benzene rings is 1. The van der Waals surface area contributed by atoms with Gasteiger partial charge in [0.2, 0.25) is 0 Å². The van der Waals surface area contributed by atoms with Crippen LogP contribution < -0.4 is 20.9 Å². The monoisotopic (exact) mass is 397 g/mol. The molecule has 1 aliphatic rings. The molecule has 0 aliphatic carbocycles. The summed E-state index contributed by atoms with van der Waals surface area (Å²) in [5, 5.41) is 8.81. The minimum Gasteiger partial charge on any atom is -0.494 e. The van der Waals surface area contributed by atoms with Crippen molar-refractivity contribution in [3.8, 4) is 11.8 Å². The number of aromatic nitrogens is 2. The van der Waals surface area contributed by atoms with Gasteiger partial charge >= 0.3 is 5.69 Å². The molecule has 0 spiro atoms. The van der Waals surface area contributed by atoms with Crippen molar-refractivity contribution in [2.45, 2.75) is 26.3 Å². The second-order valence-electron chi connectivity index (χ2n) is 7.43. The van der Waals surface area contributed by atoms with Crippen molar-refractivity contribution in [1.29, 1.82) is 5.26 Å². The van der Waals surface area contributed by atoms with E-state index in [-0.39, 0.29) is 17.3 Å². The molecule has 29 heavy (non-hydrogen) atoms. The van der Waals surface area contributed by atoms with Crippen LogP contribution in [0.1, 0.15) is 31.9 Å². The third-order valence-electron chi connectivity index (χ3n) is 5.05. The molecule has 0 bridgehead atoms. The van der Waals surface area contributed by atoms with Crippen molar-refractivity contribution in [3.63, 3.8) is 0 Å². The van der Waals surface area contributed by atoms with E-state index in [1.54, 1.807) is 12.1 Å². The van der Waals surface area contributed by atoms with Crippen molar-refractivity contribution < 1.29 is 4.74 Å². The highest BCUT2D eigenvalue weighted by Gasteiger charge is 2.19. The van der Waals surface area contributed by atoms with Crippen molar-refractivity contribution in [1.82, 2.24) is 14.5 Å². The van der Waals surface area contributed by atoms with Gasteiger partial charge in [-0.2, -0.15) is 5.26 Å². The molecule has 0 radical (unpaired) electrons. The molecule has 8 heteroatoms. The van der Waals surface area contributed by atoms with E-state index in [9.17, 15) is 9.59 Å². The van der Waals surface area contributed by atoms with Crippen molar-refractivity contribution in [2.75, 3.05) is 44.2 Å². The van der Waals surface area contributed by atoms with Crippen molar-refractivity contribution >= 4 is 5.82 Å². The van der Waals surface area contributed by atoms with Gasteiger partial charge in [0.05, 0.1) is 18.2 Å². The van der Waals surface area contributed by atoms with Crippen LogP contribution >= 0.6 is 0 Å². The quantitative estimate of drug-likeness (QED) is 0.713. The Labute approximate surface area is 169 Å². The van der Waals surface area contributed by atoms with Gasteiger partial charge in [-0.3, -0.25) is 19.2 Å². The van der Waals surface area contributed by atoms with E-state index in [4.69, 9.17) is 10.00 Å². The first-order valence-corrected chi connectivity index (χ1v) is 9.94. The topological polar surface area (TPSA) is 94.4 Å². The Balaban J connectivity index is 1.44. The van der Waals surface area contributed by atoms with Gasteiger partial charge in [-0.1, -0.05) is 0 Å². The molecule has 3 rings (SSSR count). The maximum atomic E-state index is 12.2. The first-order chi connectivity index (χ1) is 14.0. The predicted molar refractivity (Wildman–Crippen MR) is 112 cm³/mol. The zero-order valence-corrected chi connectivity index (χ0v) is 16.9. The number of hydrogen-bond acceptors (Lipinski definition) is 6. The molecule has 154 valence electrons. The Hall–Kier alpha value is -3.05. The van der Waals surface area contributed by atoms with Crippen LogP contribution in [-0.4, -0.2) is 53.8 Å². The standard InChI is InChI=1S/C21H27N5O3/c1-16(2)26-20(27)14-19(23-21(26)28)25-11-9-24(10-12-25)8-3-13-29-18-6-4-17(15-22)5-7-18/h4-7,14,16H,3,8-13H2,1-2H3,(H,23,28). The minimum atomic E-state index is -0.357. The molecule has 1 fully saturated rings. The third-order valence-corrected chi connectivity index (χ3v) is 5.05. The first kappa shape index (κ1) is 20.7. The van der Waals surface area contributed by atoms with Crippen LogP contribution in [0.5, 0.6) is 5.75 Å². The minimum absolute atomic E-state index is 0.163. The summed E-state index contributed by atoms with van der Waals surface area (Å²) in [4.78, 5) is 31.6. The van der Waals surface area contributed by atoms with Crippen molar-refractivity contribution in [3.05, 3.63) is 56.7 Å². The van der Waals surface area contributed by atoms with E-state index in [1.807, 2.05) is 26.0 Å². The number of aromatic amines is 1. The highest BCUT2D eigenvalue weighted by Crippen LogP contribution is 2.13. The summed E-state index contributed by atoms with van der Waals surface area (Å²) in [6, 6.07) is 10.6. The number of piperazine rings is 1. The molecular formula is C21H27N5O3. The van der Waals surface area contributed by atoms with Crippen LogP contribution in [-0.2, 0) is 0 Å². The smallest absolute Gasteiger partial charge is 0.330 e. The van der Waals surface area contributed by atoms with Gasteiger partial charge in [-0.25, -0.2) is 4.79 Å². The Morgan fingerprint density at radius 1 is 1.14 bits per heavy atom. The fraction of sp³-hybridized carbons (Fsp3) is 0.476. The van der Waals surface area contributed by atoms with Gasteiger partial charge in [0, 0.05) is 44.8 Å². The zero-order valence-electron chi connectivity index (χ0n) is 16.9. The summed E-state index contributed by atoms with van der Waals surface area (Å²) >= 11 is 0. The average molecular weight is 397 g/mol. The van der Waals surface area contributed by atoms with E-state index >= 15 is 0 Å². The predicted octanol–water partition coefficient (Wildman–Crippen LogP) is 1.58. The normalized spacial score (nSPS) is 14.8. The van der Waals surface area contributed by atoms with Crippen LogP contribution in [0.15, 0.2) is 39.9 Å². The molecule has 1 aromatic carbocycles. The Bertz CT molecular complexity index is 932. The van der Waals surface area contributed by atoms with Gasteiger partial charge in [0.1, 0.15) is 11.6 Å². The molecule has 1 saturated heterocycles. The van der Waals surface area contributed by atoms with Crippen LogP contribution in [0.3, 0.4) is 0 Å². The van der Waals surface area contributed by atoms with Crippen LogP contribution in [0.2, 0.25) is 0 Å². The van der Waals surface area contributed by atoms with Crippen LogP contribution in [0.4, 0.5) is 5.82 Å². The lowest BCUT2D eigenvalue weighted by Crippen LogP contribution is -2.48. The van der Waals surface area contributed by atoms with E-state index < -0.39 is 0 Å². The van der Waals surface area contributed by atoms with Crippen molar-refractivity contribution in [2.24, 2.45) is 0 Å². The largest absolute Gasteiger partial charge is 0.494 e. The summed E-state index contributed by atoms with van der Waals surface area (Å²) in [5.74, 6) is 1.37. The lowest BCUT2D eigenvalue weighted by molar-refractivity contribution is 0.224. The molecule has 0 atom stereocenters. The van der Waals surface area contributed by atoms with Crippen LogP contribution in [0, 0.1) is 11.3 Å². The number of ether oxygens (including phenoxy) is 1. The lowest BCUT2D eigenvalue weighted by atomic mass is 10.2. The number of H-pyrrole nitrogens is 1. The first-order valence-electron chi connectivity index (χ1n) is 9.94. The Kier molecular flexibility index (Phi) is 6.73. The molecule has 0 amide bonds. The van der Waals surface area contributed by atoms with Gasteiger partial charge in [-0.15, -0.1) is 0 Å². The second-order valence-corrected chi connectivity index (χ2v) is 7.43. The van der Waals surface area contributed by atoms with Crippen LogP contribution in [0.25, 0.3) is 0 Å². The molecular weight excluding hydrogens is 370 g/mol. The summed E-state index contributed by atoms with van der Waals surface area (Å²) in [7, 11) is 0. The number of hydrogen-bond donors (Lipinski definition) is 1. The average Bonchev–Trinajstić information content (AvgIpc) is 2.71. The van der Waals surface area contributed by atoms with Gasteiger partial charge in [-0.05, 0) is 44.5 Å². The van der Waals surface area contributed by atoms with E-state index in [0.717, 1.165) is 44.9 Å². The molecule has 2 aromatic rings. The fourth-order valence-electron chi connectivity index (χ4n) is 3.47. The Morgan fingerprint density at radius 2 is 1.83 bits per heavy atom. The second kappa shape index (κ2) is 9.43. The summed E-state index contributed by atoms with van der Waals surface area (Å²) < 4.78 is 6.95. The van der Waals surface area contributed by atoms with E-state index in [1.165, 1.54) is 10.6 Å². The van der Waals surface area contributed by atoms with Gasteiger partial charge < -0.3 is 9.64 Å². The Morgan fingerprint density at radius 3 is 2.41 bits per heavy atom. The SMILES string of the molecule is CC(C)n1c(=O)cc(N2CCN(CCCOc3ccc(C#N)cc3)CC2)[nH]c1=O. The third kappa shape index (κ3) is 5.27. The molecule has 1 N–H and O–H groups in total. The number of rotatable bonds is 7. The highest BCUT2D eigenvalue weighted by molar-refractivity contribution is 5.37. The number of nitrogens with one attached hydrogen (secondary N) is 1. The lowest BCUT2D eigenvalue weighted by Gasteiger charge is -2.35. The maximum absolute atomic E-state index is 12.2. The molecule has 1 aromatic heterocycles. The number of nitrogens with zero attached hydrogens (tertiary/aromatic N) is 4. The molecule has 1 aliphatic heterocycles. The summed E-state index contributed by atoms with van der Waals surface area (Å²) in [5.41, 5.74) is 0.00381.